The second kappa shape index (κ2) is 7.94. The Balaban J connectivity index is 1.45. The zero-order valence-electron chi connectivity index (χ0n) is 16.5. The second-order valence-corrected chi connectivity index (χ2v) is 8.83. The summed E-state index contributed by atoms with van der Waals surface area (Å²) in [7, 11) is -3.84. The Labute approximate surface area is 175 Å². The molecule has 0 aliphatic carbocycles. The third-order valence-electron chi connectivity index (χ3n) is 5.27. The number of benzene rings is 1. The molecule has 3 heterocycles. The molecule has 2 aliphatic rings. The largest absolute Gasteiger partial charge is 0.492 e. The first-order chi connectivity index (χ1) is 14.3. The highest BCUT2D eigenvalue weighted by Gasteiger charge is 2.28. The number of nitrogens with two attached hydrogens (primary N) is 1. The molecule has 1 amide bonds. The van der Waals surface area contributed by atoms with Crippen molar-refractivity contribution in [2.75, 3.05) is 24.4 Å². The van der Waals surface area contributed by atoms with Gasteiger partial charge in [-0.05, 0) is 43.5 Å². The number of rotatable bonds is 4. The second-order valence-electron chi connectivity index (χ2n) is 7.49. The van der Waals surface area contributed by atoms with Crippen molar-refractivity contribution in [3.05, 3.63) is 53.3 Å². The minimum atomic E-state index is -3.84. The van der Waals surface area contributed by atoms with Gasteiger partial charge in [-0.2, -0.15) is 8.42 Å². The topological polar surface area (TPSA) is 127 Å². The van der Waals surface area contributed by atoms with Crippen LogP contribution in [0.4, 0.5) is 5.69 Å². The van der Waals surface area contributed by atoms with E-state index in [1.165, 1.54) is 0 Å². The van der Waals surface area contributed by atoms with E-state index in [9.17, 15) is 13.2 Å². The molecule has 0 unspecified atom stereocenters. The van der Waals surface area contributed by atoms with Crippen LogP contribution >= 0.6 is 0 Å². The van der Waals surface area contributed by atoms with Crippen LogP contribution in [-0.4, -0.2) is 49.7 Å². The summed E-state index contributed by atoms with van der Waals surface area (Å²) in [5.41, 5.74) is 8.16. The fourth-order valence-corrected chi connectivity index (χ4v) is 4.66. The summed E-state index contributed by atoms with van der Waals surface area (Å²) in [6.45, 7) is 3.56. The zero-order valence-corrected chi connectivity index (χ0v) is 17.4. The Morgan fingerprint density at radius 3 is 3.00 bits per heavy atom. The van der Waals surface area contributed by atoms with Gasteiger partial charge in [0.1, 0.15) is 5.75 Å². The number of anilines is 1. The van der Waals surface area contributed by atoms with Crippen LogP contribution in [0.2, 0.25) is 0 Å². The molecule has 1 aromatic heterocycles. The Hall–Kier alpha value is -3.14. The summed E-state index contributed by atoms with van der Waals surface area (Å²) in [5.74, 6) is 0.513. The third-order valence-corrected chi connectivity index (χ3v) is 6.19. The number of aromatic nitrogens is 1. The average Bonchev–Trinajstić information content (AvgIpc) is 2.71. The number of amidine groups is 1. The normalized spacial score (nSPS) is 20.0. The zero-order chi connectivity index (χ0) is 21.3. The van der Waals surface area contributed by atoms with E-state index in [0.717, 1.165) is 18.4 Å². The molecule has 0 radical (unpaired) electrons. The molecule has 30 heavy (non-hydrogen) atoms. The van der Waals surface area contributed by atoms with Crippen molar-refractivity contribution in [2.24, 2.45) is 16.0 Å². The molecule has 2 aliphatic heterocycles. The van der Waals surface area contributed by atoms with Crippen molar-refractivity contribution < 1.29 is 17.9 Å². The van der Waals surface area contributed by atoms with E-state index in [-0.39, 0.29) is 17.7 Å². The predicted octanol–water partition coefficient (Wildman–Crippen LogP) is 1.70. The highest BCUT2D eigenvalue weighted by Crippen LogP contribution is 2.31. The number of hydrogen-bond acceptors (Lipinski definition) is 6. The number of fused-ring (bicyclic) bond motifs is 1. The van der Waals surface area contributed by atoms with Crippen LogP contribution in [0.3, 0.4) is 0 Å². The summed E-state index contributed by atoms with van der Waals surface area (Å²) in [4.78, 5) is 18.8. The number of likely N-dealkylation sites (tertiary alicyclic amines) is 1. The van der Waals surface area contributed by atoms with E-state index < -0.39 is 10.2 Å². The maximum absolute atomic E-state index is 12.9. The quantitative estimate of drug-likeness (QED) is 0.762. The molecule has 1 saturated heterocycles. The van der Waals surface area contributed by atoms with Gasteiger partial charge in [0.15, 0.2) is 5.84 Å². The molecular weight excluding hydrogens is 406 g/mol. The van der Waals surface area contributed by atoms with Crippen molar-refractivity contribution in [1.29, 1.82) is 0 Å². The minimum Gasteiger partial charge on any atom is -0.492 e. The lowest BCUT2D eigenvalue weighted by molar-refractivity contribution is 0.0632. The van der Waals surface area contributed by atoms with E-state index in [0.29, 0.717) is 42.3 Å². The van der Waals surface area contributed by atoms with Crippen LogP contribution in [-0.2, 0) is 10.2 Å². The number of pyridine rings is 1. The third kappa shape index (κ3) is 4.09. The lowest BCUT2D eigenvalue weighted by Crippen LogP contribution is -2.42. The van der Waals surface area contributed by atoms with E-state index in [2.05, 4.69) is 14.1 Å². The van der Waals surface area contributed by atoms with Crippen LogP contribution in [0, 0.1) is 12.8 Å². The molecule has 1 aromatic carbocycles. The molecule has 1 fully saturated rings. The molecular formula is C20H23N5O4S. The maximum Gasteiger partial charge on any atom is 0.344 e. The molecule has 10 heteroatoms. The molecule has 9 nitrogen and oxygen atoms in total. The lowest BCUT2D eigenvalue weighted by Gasteiger charge is -2.33. The molecule has 158 valence electrons. The number of aryl methyl sites for hydroxylation is 1. The molecule has 0 bridgehead atoms. The number of carbonyl (C=O) groups is 1. The van der Waals surface area contributed by atoms with Crippen molar-refractivity contribution in [3.63, 3.8) is 0 Å². The number of nitrogens with zero attached hydrogens (tertiary/aromatic N) is 3. The Bertz CT molecular complexity index is 1120. The minimum absolute atomic E-state index is 0.00229. The van der Waals surface area contributed by atoms with Gasteiger partial charge in [-0.3, -0.25) is 14.5 Å². The van der Waals surface area contributed by atoms with Crippen LogP contribution in [0.5, 0.6) is 5.75 Å². The number of carbonyl (C=O) groups excluding carboxylic acids is 1. The first kappa shape index (κ1) is 20.1. The van der Waals surface area contributed by atoms with Crippen molar-refractivity contribution >= 4 is 27.6 Å². The van der Waals surface area contributed by atoms with E-state index in [4.69, 9.17) is 10.5 Å². The first-order valence-electron chi connectivity index (χ1n) is 9.68. The van der Waals surface area contributed by atoms with Gasteiger partial charge in [0, 0.05) is 37.0 Å². The first-order valence-corrected chi connectivity index (χ1v) is 11.1. The van der Waals surface area contributed by atoms with Crippen molar-refractivity contribution in [3.8, 4) is 5.75 Å². The van der Waals surface area contributed by atoms with Gasteiger partial charge in [0.25, 0.3) is 5.91 Å². The fraction of sp³-hybridized carbons (Fsp3) is 0.350. The van der Waals surface area contributed by atoms with Gasteiger partial charge >= 0.3 is 10.2 Å². The standard InChI is InChI=1S/C20H23N5O4S/c1-13-10-22-8-7-15(13)20(26)25-9-3-4-14(11-25)12-29-17-6-2-5-16-18(17)19(21)24-30(27,28)23-16/h2,5-8,10,14,23H,3-4,9,11-12H2,1H3,(H2,21,24)/t14-/m0/s1. The van der Waals surface area contributed by atoms with Crippen LogP contribution in [0.25, 0.3) is 0 Å². The van der Waals surface area contributed by atoms with Crippen molar-refractivity contribution in [1.82, 2.24) is 9.88 Å². The van der Waals surface area contributed by atoms with Gasteiger partial charge in [0.05, 0.1) is 17.9 Å². The monoisotopic (exact) mass is 429 g/mol. The summed E-state index contributed by atoms with van der Waals surface area (Å²) in [6, 6.07) is 6.78. The van der Waals surface area contributed by atoms with Gasteiger partial charge < -0.3 is 15.4 Å². The molecule has 0 saturated carbocycles. The molecule has 3 N–H and O–H groups in total. The number of amides is 1. The summed E-state index contributed by atoms with van der Waals surface area (Å²) < 4.78 is 35.3. The van der Waals surface area contributed by atoms with Gasteiger partial charge in [0.2, 0.25) is 0 Å². The smallest absolute Gasteiger partial charge is 0.344 e. The van der Waals surface area contributed by atoms with Crippen LogP contribution in [0.1, 0.15) is 34.3 Å². The van der Waals surface area contributed by atoms with Crippen molar-refractivity contribution in [2.45, 2.75) is 19.8 Å². The SMILES string of the molecule is Cc1cnccc1C(=O)N1CCC[C@H](COc2cccc3c2C(N)=NS(=O)(=O)N3)C1. The van der Waals surface area contributed by atoms with Gasteiger partial charge in [-0.15, -0.1) is 4.40 Å². The Kier molecular flexibility index (Phi) is 5.33. The Morgan fingerprint density at radius 1 is 1.37 bits per heavy atom. The highest BCUT2D eigenvalue weighted by molar-refractivity contribution is 7.91. The number of piperidine rings is 1. The predicted molar refractivity (Wildman–Crippen MR) is 113 cm³/mol. The number of ether oxygens (including phenoxy) is 1. The summed E-state index contributed by atoms with van der Waals surface area (Å²) >= 11 is 0. The summed E-state index contributed by atoms with van der Waals surface area (Å²) in [6.07, 6.45) is 5.14. The van der Waals surface area contributed by atoms with E-state index in [1.54, 1.807) is 36.7 Å². The van der Waals surface area contributed by atoms with Gasteiger partial charge in [-0.1, -0.05) is 6.07 Å². The van der Waals surface area contributed by atoms with Crippen LogP contribution < -0.4 is 15.2 Å². The summed E-state index contributed by atoms with van der Waals surface area (Å²) in [5, 5.41) is 0. The number of hydrogen-bond donors (Lipinski definition) is 2. The Morgan fingerprint density at radius 2 is 2.20 bits per heavy atom. The number of nitrogens with one attached hydrogen (secondary N) is 1. The average molecular weight is 430 g/mol. The lowest BCUT2D eigenvalue weighted by atomic mass is 9.97. The fourth-order valence-electron chi connectivity index (χ4n) is 3.81. The van der Waals surface area contributed by atoms with Gasteiger partial charge in [-0.25, -0.2) is 0 Å². The maximum atomic E-state index is 12.9. The van der Waals surface area contributed by atoms with E-state index in [1.807, 2.05) is 11.8 Å². The molecule has 2 aromatic rings. The van der Waals surface area contributed by atoms with Crippen LogP contribution in [0.15, 0.2) is 41.1 Å². The van der Waals surface area contributed by atoms with E-state index >= 15 is 0 Å². The molecule has 4 rings (SSSR count). The molecule has 1 atom stereocenters. The highest BCUT2D eigenvalue weighted by atomic mass is 32.2. The molecule has 0 spiro atoms.